The zero-order valence-corrected chi connectivity index (χ0v) is 18.9. The van der Waals surface area contributed by atoms with Crippen molar-refractivity contribution < 1.29 is 23.5 Å². The van der Waals surface area contributed by atoms with Gasteiger partial charge in [-0.3, -0.25) is 24.3 Å². The van der Waals surface area contributed by atoms with Gasteiger partial charge in [0.05, 0.1) is 17.9 Å². The Labute approximate surface area is 190 Å². The molecule has 3 N–H and O–H groups in total. The van der Waals surface area contributed by atoms with Crippen LogP contribution >= 0.6 is 23.1 Å². The summed E-state index contributed by atoms with van der Waals surface area (Å²) in [4.78, 5) is 53.8. The smallest absolute Gasteiger partial charge is 0.342 e. The van der Waals surface area contributed by atoms with E-state index in [1.807, 2.05) is 0 Å². The minimum absolute atomic E-state index is 0.0876. The van der Waals surface area contributed by atoms with Gasteiger partial charge in [-0.2, -0.15) is 0 Å². The van der Waals surface area contributed by atoms with Crippen LogP contribution in [0, 0.1) is 6.92 Å². The van der Waals surface area contributed by atoms with E-state index in [9.17, 15) is 19.2 Å². The second-order valence-electron chi connectivity index (χ2n) is 6.39. The second-order valence-corrected chi connectivity index (χ2v) is 8.25. The lowest BCUT2D eigenvalue weighted by molar-refractivity contribution is -0.113. The number of nitrogens with two attached hydrogens (primary N) is 1. The molecule has 0 radical (unpaired) electrons. The number of primary amides is 1. The highest BCUT2D eigenvalue weighted by Crippen LogP contribution is 2.28. The number of hydrogen-bond donors (Lipinski definition) is 2. The molecule has 3 aromatic rings. The zero-order chi connectivity index (χ0) is 23.4. The number of carbonyl (C=O) groups is 3. The molecule has 0 aliphatic heterocycles. The van der Waals surface area contributed by atoms with Crippen molar-refractivity contribution in [1.29, 1.82) is 0 Å². The van der Waals surface area contributed by atoms with Crippen molar-refractivity contribution in [2.24, 2.45) is 5.73 Å². The third kappa shape index (κ3) is 4.60. The summed E-state index contributed by atoms with van der Waals surface area (Å²) in [5.74, 6) is -2.58. The van der Waals surface area contributed by atoms with Crippen LogP contribution in [-0.2, 0) is 16.1 Å². The maximum absolute atomic E-state index is 12.7. The molecular weight excluding hydrogens is 456 g/mol. The van der Waals surface area contributed by atoms with Gasteiger partial charge in [-0.1, -0.05) is 17.8 Å². The van der Waals surface area contributed by atoms with Crippen LogP contribution in [0.25, 0.3) is 10.2 Å². The minimum Gasteiger partial charge on any atom is -0.462 e. The van der Waals surface area contributed by atoms with E-state index in [1.54, 1.807) is 24.4 Å². The molecule has 2 amide bonds. The summed E-state index contributed by atoms with van der Waals surface area (Å²) in [6, 6.07) is 1.73. The average molecular weight is 477 g/mol. The molecule has 3 aromatic heterocycles. The Morgan fingerprint density at radius 1 is 1.41 bits per heavy atom. The number of thiophene rings is 1. The lowest BCUT2D eigenvalue weighted by Gasteiger charge is -2.10. The van der Waals surface area contributed by atoms with Crippen LogP contribution in [0.1, 0.15) is 33.4 Å². The predicted molar refractivity (Wildman–Crippen MR) is 121 cm³/mol. The molecule has 32 heavy (non-hydrogen) atoms. The molecule has 168 valence electrons. The molecule has 3 rings (SSSR count). The molecule has 0 bridgehead atoms. The normalized spacial score (nSPS) is 10.8. The number of anilines is 1. The number of hydrogen-bond acceptors (Lipinski definition) is 9. The number of ether oxygens (including phenoxy) is 1. The summed E-state index contributed by atoms with van der Waals surface area (Å²) in [6.07, 6.45) is 1.56. The fourth-order valence-electron chi connectivity index (χ4n) is 2.93. The summed E-state index contributed by atoms with van der Waals surface area (Å²) in [5.41, 5.74) is 5.32. The van der Waals surface area contributed by atoms with Crippen LogP contribution in [0.15, 0.2) is 38.5 Å². The van der Waals surface area contributed by atoms with Gasteiger partial charge in [-0.05, 0) is 25.3 Å². The van der Waals surface area contributed by atoms with E-state index in [1.165, 1.54) is 22.8 Å². The minimum atomic E-state index is -0.947. The van der Waals surface area contributed by atoms with E-state index in [0.717, 1.165) is 11.8 Å². The number of fused-ring (bicyclic) bond motifs is 1. The highest BCUT2D eigenvalue weighted by Gasteiger charge is 2.29. The van der Waals surface area contributed by atoms with Gasteiger partial charge >= 0.3 is 5.97 Å². The van der Waals surface area contributed by atoms with E-state index in [2.05, 4.69) is 16.9 Å². The third-order valence-electron chi connectivity index (χ3n) is 4.24. The highest BCUT2D eigenvalue weighted by molar-refractivity contribution is 7.99. The van der Waals surface area contributed by atoms with Gasteiger partial charge in [0.1, 0.15) is 21.6 Å². The van der Waals surface area contributed by atoms with E-state index in [0.29, 0.717) is 15.4 Å². The molecule has 0 unspecified atom stereocenters. The van der Waals surface area contributed by atoms with Gasteiger partial charge < -0.3 is 14.9 Å². The fraction of sp³-hybridized carbons (Fsp3) is 0.250. The van der Waals surface area contributed by atoms with Gasteiger partial charge in [-0.25, -0.2) is 9.78 Å². The number of thioether (sulfide) groups is 1. The topological polar surface area (TPSA) is 147 Å². The molecule has 0 atom stereocenters. The Bertz CT molecular complexity index is 1270. The maximum Gasteiger partial charge on any atom is 0.342 e. The van der Waals surface area contributed by atoms with Crippen LogP contribution in [-0.4, -0.2) is 39.7 Å². The number of esters is 1. The van der Waals surface area contributed by atoms with Gasteiger partial charge in [0, 0.05) is 6.54 Å². The first kappa shape index (κ1) is 23.3. The first-order valence-electron chi connectivity index (χ1n) is 9.40. The molecule has 0 saturated heterocycles. The van der Waals surface area contributed by atoms with Crippen molar-refractivity contribution in [3.63, 3.8) is 0 Å². The first-order chi connectivity index (χ1) is 15.3. The Morgan fingerprint density at radius 2 is 2.16 bits per heavy atom. The molecule has 12 heteroatoms. The van der Waals surface area contributed by atoms with Crippen molar-refractivity contribution in [2.75, 3.05) is 17.7 Å². The van der Waals surface area contributed by atoms with Gasteiger partial charge in [0.25, 0.3) is 11.5 Å². The van der Waals surface area contributed by atoms with Crippen LogP contribution in [0.2, 0.25) is 0 Å². The summed E-state index contributed by atoms with van der Waals surface area (Å²) < 4.78 is 12.3. The Hall–Kier alpha value is -3.38. The number of rotatable bonds is 9. The Kier molecular flexibility index (Phi) is 7.15. The van der Waals surface area contributed by atoms with Gasteiger partial charge in [0.15, 0.2) is 5.16 Å². The Morgan fingerprint density at radius 3 is 2.81 bits per heavy atom. The van der Waals surface area contributed by atoms with E-state index < -0.39 is 17.8 Å². The van der Waals surface area contributed by atoms with Crippen molar-refractivity contribution in [2.45, 2.75) is 25.5 Å². The number of carbonyl (C=O) groups excluding carboxylic acids is 3. The zero-order valence-electron chi connectivity index (χ0n) is 17.3. The molecule has 0 saturated carbocycles. The number of aromatic nitrogens is 2. The van der Waals surface area contributed by atoms with Crippen LogP contribution < -0.4 is 16.6 Å². The highest BCUT2D eigenvalue weighted by atomic mass is 32.2. The number of nitrogens with zero attached hydrogens (tertiary/aromatic N) is 2. The number of amides is 2. The number of nitrogens with one attached hydrogen (secondary N) is 1. The lowest BCUT2D eigenvalue weighted by Crippen LogP contribution is -2.23. The second kappa shape index (κ2) is 9.83. The van der Waals surface area contributed by atoms with Crippen LogP contribution in [0.3, 0.4) is 0 Å². The van der Waals surface area contributed by atoms with Gasteiger partial charge in [-0.15, -0.1) is 17.9 Å². The molecule has 0 aliphatic carbocycles. The Balaban J connectivity index is 1.83. The molecule has 0 spiro atoms. The summed E-state index contributed by atoms with van der Waals surface area (Å²) >= 11 is 2.32. The number of furan rings is 1. The summed E-state index contributed by atoms with van der Waals surface area (Å²) in [7, 11) is 0. The first-order valence-corrected chi connectivity index (χ1v) is 11.3. The summed E-state index contributed by atoms with van der Waals surface area (Å²) in [6.45, 7) is 7.05. The molecule has 0 aliphatic rings. The SMILES string of the molecule is C=CCn1c(SCC(=O)Nc2oc(C)c(C(=O)OCC)c2C(N)=O)nc2ccsc2c1=O. The van der Waals surface area contributed by atoms with E-state index in [-0.39, 0.29) is 47.2 Å². The molecule has 10 nitrogen and oxygen atoms in total. The largest absolute Gasteiger partial charge is 0.462 e. The summed E-state index contributed by atoms with van der Waals surface area (Å²) in [5, 5.41) is 4.56. The quantitative estimate of drug-likeness (QED) is 0.207. The number of aryl methyl sites for hydroxylation is 1. The van der Waals surface area contributed by atoms with Crippen LogP contribution in [0.4, 0.5) is 5.88 Å². The standard InChI is InChI=1S/C20H20N4O6S2/c1-4-7-24-18(27)15-11(6-8-31-15)22-20(24)32-9-12(25)23-17-14(16(21)26)13(10(3)30-17)19(28)29-5-2/h4,6,8H,1,5,7,9H2,2-3H3,(H2,21,26)(H,23,25). The van der Waals surface area contributed by atoms with Crippen molar-refractivity contribution in [1.82, 2.24) is 9.55 Å². The van der Waals surface area contributed by atoms with Gasteiger partial charge in [0.2, 0.25) is 11.8 Å². The average Bonchev–Trinajstić information content (AvgIpc) is 3.33. The maximum atomic E-state index is 12.7. The molecule has 3 heterocycles. The number of allylic oxidation sites excluding steroid dienone is 1. The van der Waals surface area contributed by atoms with Crippen molar-refractivity contribution in [3.05, 3.63) is 51.3 Å². The van der Waals surface area contributed by atoms with Crippen molar-refractivity contribution in [3.8, 4) is 0 Å². The molecule has 0 fully saturated rings. The fourth-order valence-corrected chi connectivity index (χ4v) is 4.52. The third-order valence-corrected chi connectivity index (χ3v) is 6.11. The van der Waals surface area contributed by atoms with E-state index >= 15 is 0 Å². The monoisotopic (exact) mass is 476 g/mol. The van der Waals surface area contributed by atoms with Crippen molar-refractivity contribution >= 4 is 57.0 Å². The predicted octanol–water partition coefficient (Wildman–Crippen LogP) is 2.55. The molecular formula is C20H20N4O6S2. The molecule has 0 aromatic carbocycles. The lowest BCUT2D eigenvalue weighted by atomic mass is 10.1. The van der Waals surface area contributed by atoms with E-state index in [4.69, 9.17) is 14.9 Å². The van der Waals surface area contributed by atoms with Crippen LogP contribution in [0.5, 0.6) is 0 Å².